The Labute approximate surface area is 129 Å². The van der Waals surface area contributed by atoms with E-state index in [1.54, 1.807) is 0 Å². The molecule has 2 rings (SSSR count). The van der Waals surface area contributed by atoms with Crippen molar-refractivity contribution in [2.24, 2.45) is 5.73 Å². The summed E-state index contributed by atoms with van der Waals surface area (Å²) in [5.74, 6) is -2.13. The van der Waals surface area contributed by atoms with E-state index in [0.717, 1.165) is 22.5 Å². The normalized spacial score (nSPS) is 18.6. The number of hydrogen-bond acceptors (Lipinski definition) is 4. The summed E-state index contributed by atoms with van der Waals surface area (Å²) in [4.78, 5) is 1.17. The Bertz CT molecular complexity index is 616. The van der Waals surface area contributed by atoms with Gasteiger partial charge in [-0.05, 0) is 26.0 Å². The number of nitrogens with two attached hydrogens (primary N) is 1. The van der Waals surface area contributed by atoms with Crippen LogP contribution in [-0.2, 0) is 10.0 Å². The SMILES string of the molecule is CC(C)(N)CN1CCN(S(=O)(=O)c2c(F)cccc2F)CC1. The van der Waals surface area contributed by atoms with Crippen molar-refractivity contribution < 1.29 is 17.2 Å². The van der Waals surface area contributed by atoms with Gasteiger partial charge in [0.1, 0.15) is 11.6 Å². The Hall–Kier alpha value is -1.09. The van der Waals surface area contributed by atoms with Gasteiger partial charge in [0.2, 0.25) is 10.0 Å². The molecule has 1 aromatic carbocycles. The molecule has 1 heterocycles. The monoisotopic (exact) mass is 333 g/mol. The number of halogens is 2. The summed E-state index contributed by atoms with van der Waals surface area (Å²) >= 11 is 0. The van der Waals surface area contributed by atoms with E-state index in [9.17, 15) is 17.2 Å². The maximum atomic E-state index is 13.7. The molecular weight excluding hydrogens is 312 g/mol. The quantitative estimate of drug-likeness (QED) is 0.893. The molecule has 5 nitrogen and oxygen atoms in total. The molecule has 2 N–H and O–H groups in total. The molecular formula is C14H21F2N3O2S. The van der Waals surface area contributed by atoms with E-state index in [2.05, 4.69) is 0 Å². The van der Waals surface area contributed by atoms with Gasteiger partial charge in [0.25, 0.3) is 0 Å². The number of rotatable bonds is 4. The molecule has 0 spiro atoms. The molecule has 8 heteroatoms. The minimum atomic E-state index is -4.17. The first-order valence-corrected chi connectivity index (χ1v) is 8.51. The second kappa shape index (κ2) is 6.19. The van der Waals surface area contributed by atoms with E-state index >= 15 is 0 Å². The highest BCUT2D eigenvalue weighted by Crippen LogP contribution is 2.23. The van der Waals surface area contributed by atoms with Crippen molar-refractivity contribution in [1.82, 2.24) is 9.21 Å². The van der Waals surface area contributed by atoms with Crippen molar-refractivity contribution in [3.8, 4) is 0 Å². The average molecular weight is 333 g/mol. The van der Waals surface area contributed by atoms with Crippen molar-refractivity contribution in [3.05, 3.63) is 29.8 Å². The van der Waals surface area contributed by atoms with E-state index in [1.807, 2.05) is 18.7 Å². The first-order chi connectivity index (χ1) is 10.1. The van der Waals surface area contributed by atoms with Gasteiger partial charge >= 0.3 is 0 Å². The average Bonchev–Trinajstić information content (AvgIpc) is 2.36. The second-order valence-corrected chi connectivity index (χ2v) is 8.09. The van der Waals surface area contributed by atoms with Crippen LogP contribution in [0.5, 0.6) is 0 Å². The summed E-state index contributed by atoms with van der Waals surface area (Å²) in [6.07, 6.45) is 0. The van der Waals surface area contributed by atoms with Gasteiger partial charge in [0.15, 0.2) is 4.90 Å². The minimum absolute atomic E-state index is 0.187. The van der Waals surface area contributed by atoms with Crippen LogP contribution in [0.15, 0.2) is 23.1 Å². The smallest absolute Gasteiger partial charge is 0.249 e. The van der Waals surface area contributed by atoms with Gasteiger partial charge in [-0.15, -0.1) is 0 Å². The van der Waals surface area contributed by atoms with Gasteiger partial charge in [-0.3, -0.25) is 4.90 Å². The number of sulfonamides is 1. The Morgan fingerprint density at radius 2 is 1.64 bits per heavy atom. The van der Waals surface area contributed by atoms with Crippen LogP contribution >= 0.6 is 0 Å². The Morgan fingerprint density at radius 3 is 2.09 bits per heavy atom. The third kappa shape index (κ3) is 3.81. The molecule has 0 aliphatic carbocycles. The Morgan fingerprint density at radius 1 is 1.14 bits per heavy atom. The van der Waals surface area contributed by atoms with Crippen molar-refractivity contribution in [2.75, 3.05) is 32.7 Å². The molecule has 0 unspecified atom stereocenters. The van der Waals surface area contributed by atoms with E-state index < -0.39 is 26.6 Å². The minimum Gasteiger partial charge on any atom is -0.324 e. The standard InChI is InChI=1S/C14H21F2N3O2S/c1-14(2,17)10-18-6-8-19(9-7-18)22(20,21)13-11(15)4-3-5-12(13)16/h3-5H,6-10,17H2,1-2H3. The third-order valence-corrected chi connectivity index (χ3v) is 5.43. The second-order valence-electron chi connectivity index (χ2n) is 6.22. The molecule has 1 aromatic rings. The van der Waals surface area contributed by atoms with Crippen LogP contribution in [0.1, 0.15) is 13.8 Å². The summed E-state index contributed by atoms with van der Waals surface area (Å²) in [6, 6.07) is 3.04. The zero-order chi connectivity index (χ0) is 16.5. The Kier molecular flexibility index (Phi) is 4.86. The van der Waals surface area contributed by atoms with E-state index in [1.165, 1.54) is 0 Å². The maximum Gasteiger partial charge on any atom is 0.249 e. The highest BCUT2D eigenvalue weighted by atomic mass is 32.2. The molecule has 1 aliphatic rings. The van der Waals surface area contributed by atoms with Gasteiger partial charge in [-0.2, -0.15) is 4.31 Å². The van der Waals surface area contributed by atoms with E-state index in [-0.39, 0.29) is 18.6 Å². The number of nitrogens with zero attached hydrogens (tertiary/aromatic N) is 2. The molecule has 0 atom stereocenters. The summed E-state index contributed by atoms with van der Waals surface area (Å²) in [7, 11) is -4.17. The van der Waals surface area contributed by atoms with Gasteiger partial charge in [-0.1, -0.05) is 6.07 Å². The number of benzene rings is 1. The van der Waals surface area contributed by atoms with Crippen LogP contribution in [0.2, 0.25) is 0 Å². The van der Waals surface area contributed by atoms with Gasteiger partial charge < -0.3 is 5.73 Å². The van der Waals surface area contributed by atoms with Crippen molar-refractivity contribution in [3.63, 3.8) is 0 Å². The zero-order valence-corrected chi connectivity index (χ0v) is 13.5. The van der Waals surface area contributed by atoms with Gasteiger partial charge in [0, 0.05) is 38.3 Å². The fourth-order valence-electron chi connectivity index (χ4n) is 2.56. The summed E-state index contributed by atoms with van der Waals surface area (Å²) in [5, 5.41) is 0. The van der Waals surface area contributed by atoms with E-state index in [0.29, 0.717) is 19.6 Å². The predicted molar refractivity (Wildman–Crippen MR) is 79.8 cm³/mol. The fourth-order valence-corrected chi connectivity index (χ4v) is 4.09. The molecule has 1 fully saturated rings. The lowest BCUT2D eigenvalue weighted by Gasteiger charge is -2.37. The van der Waals surface area contributed by atoms with Crippen LogP contribution < -0.4 is 5.73 Å². The van der Waals surface area contributed by atoms with Crippen LogP contribution in [0.4, 0.5) is 8.78 Å². The summed E-state index contributed by atoms with van der Waals surface area (Å²) in [5.41, 5.74) is 5.57. The summed E-state index contributed by atoms with van der Waals surface area (Å²) in [6.45, 7) is 5.76. The fraction of sp³-hybridized carbons (Fsp3) is 0.571. The number of piperazine rings is 1. The molecule has 0 bridgehead atoms. The zero-order valence-electron chi connectivity index (χ0n) is 12.7. The molecule has 1 aliphatic heterocycles. The highest BCUT2D eigenvalue weighted by molar-refractivity contribution is 7.89. The lowest BCUT2D eigenvalue weighted by atomic mass is 10.1. The van der Waals surface area contributed by atoms with Crippen LogP contribution in [0, 0.1) is 11.6 Å². The molecule has 0 aromatic heterocycles. The maximum absolute atomic E-state index is 13.7. The first kappa shape index (κ1) is 17.3. The first-order valence-electron chi connectivity index (χ1n) is 7.07. The molecule has 0 saturated carbocycles. The van der Waals surface area contributed by atoms with Crippen molar-refractivity contribution in [1.29, 1.82) is 0 Å². The van der Waals surface area contributed by atoms with Crippen molar-refractivity contribution >= 4 is 10.0 Å². The van der Waals surface area contributed by atoms with Crippen LogP contribution in [0.25, 0.3) is 0 Å². The number of hydrogen-bond donors (Lipinski definition) is 1. The topological polar surface area (TPSA) is 66.6 Å². The van der Waals surface area contributed by atoms with E-state index in [4.69, 9.17) is 5.73 Å². The van der Waals surface area contributed by atoms with Gasteiger partial charge in [-0.25, -0.2) is 17.2 Å². The predicted octanol–water partition coefficient (Wildman–Crippen LogP) is 1.01. The highest BCUT2D eigenvalue weighted by Gasteiger charge is 2.33. The third-order valence-electron chi connectivity index (χ3n) is 3.48. The molecule has 22 heavy (non-hydrogen) atoms. The molecule has 1 saturated heterocycles. The summed E-state index contributed by atoms with van der Waals surface area (Å²) < 4.78 is 53.4. The lowest BCUT2D eigenvalue weighted by Crippen LogP contribution is -2.54. The van der Waals surface area contributed by atoms with Crippen LogP contribution in [0.3, 0.4) is 0 Å². The largest absolute Gasteiger partial charge is 0.324 e. The molecule has 0 radical (unpaired) electrons. The molecule has 124 valence electrons. The van der Waals surface area contributed by atoms with Crippen LogP contribution in [-0.4, -0.2) is 55.9 Å². The lowest BCUT2D eigenvalue weighted by molar-refractivity contribution is 0.162. The van der Waals surface area contributed by atoms with Gasteiger partial charge in [0.05, 0.1) is 0 Å². The molecule has 0 amide bonds. The van der Waals surface area contributed by atoms with Crippen molar-refractivity contribution in [2.45, 2.75) is 24.3 Å². The Balaban J connectivity index is 2.14.